The molecule has 52 heavy (non-hydrogen) atoms. The van der Waals surface area contributed by atoms with E-state index in [4.69, 9.17) is 30.2 Å². The molecule has 2 aliphatic heterocycles. The van der Waals surface area contributed by atoms with Crippen molar-refractivity contribution in [3.8, 4) is 5.75 Å². The van der Waals surface area contributed by atoms with Gasteiger partial charge in [-0.05, 0) is 70.9 Å². The van der Waals surface area contributed by atoms with Crippen LogP contribution in [0.2, 0.25) is 16.6 Å². The van der Waals surface area contributed by atoms with Crippen molar-refractivity contribution in [2.24, 2.45) is 0 Å². The lowest BCUT2D eigenvalue weighted by Gasteiger charge is -2.50. The predicted octanol–water partition coefficient (Wildman–Crippen LogP) is 8.90. The second kappa shape index (κ2) is 17.8. The molecule has 0 bridgehead atoms. The molecule has 3 aromatic carbocycles. The largest absolute Gasteiger partial charge is 0.490 e. The molecule has 1 saturated heterocycles. The number of anilines is 1. The molecular weight excluding hydrogens is 712 g/mol. The molecule has 2 heterocycles. The molecular formula is C41H59ClN2O6SSi. The maximum absolute atomic E-state index is 14.4. The summed E-state index contributed by atoms with van der Waals surface area (Å²) < 4.78 is 56.4. The summed E-state index contributed by atoms with van der Waals surface area (Å²) in [5.74, 6) is 1.08. The molecule has 0 aliphatic carbocycles. The molecule has 0 spiro atoms. The fraction of sp³-hybridized carbons (Fsp3) is 0.561. The SMILES string of the molecule is COCCCN1CCOc2ccc(CO[C@H]3CN(S(=O)(=O)c4ccc(C)cc4)C[C@@H](O[Si](C(C)C)(C(C)C)C(C)C)C3c3ccc(CCl)cc3)cc21. The number of rotatable bonds is 16. The number of halogens is 1. The molecule has 3 aromatic rings. The van der Waals surface area contributed by atoms with Crippen LogP contribution in [-0.2, 0) is 36.4 Å². The number of hydrogen-bond donors (Lipinski definition) is 0. The van der Waals surface area contributed by atoms with E-state index < -0.39 is 30.5 Å². The van der Waals surface area contributed by atoms with Crippen LogP contribution in [0.3, 0.4) is 0 Å². The number of alkyl halides is 1. The zero-order valence-corrected chi connectivity index (χ0v) is 34.9. The van der Waals surface area contributed by atoms with Crippen LogP contribution in [0.1, 0.15) is 76.1 Å². The van der Waals surface area contributed by atoms with Crippen molar-refractivity contribution in [2.45, 2.75) is 107 Å². The topological polar surface area (TPSA) is 77.5 Å². The van der Waals surface area contributed by atoms with E-state index in [9.17, 15) is 8.42 Å². The lowest BCUT2D eigenvalue weighted by molar-refractivity contribution is -0.0504. The monoisotopic (exact) mass is 770 g/mol. The summed E-state index contributed by atoms with van der Waals surface area (Å²) in [7, 11) is -4.59. The third kappa shape index (κ3) is 8.91. The summed E-state index contributed by atoms with van der Waals surface area (Å²) in [6.45, 7) is 19.4. The Balaban J connectivity index is 1.56. The van der Waals surface area contributed by atoms with Crippen molar-refractivity contribution >= 4 is 35.6 Å². The average Bonchev–Trinajstić information content (AvgIpc) is 3.12. The number of benzene rings is 3. The molecule has 0 amide bonds. The van der Waals surface area contributed by atoms with Crippen molar-refractivity contribution in [3.63, 3.8) is 0 Å². The molecule has 11 heteroatoms. The Bertz CT molecular complexity index is 1680. The van der Waals surface area contributed by atoms with E-state index in [-0.39, 0.29) is 23.9 Å². The highest BCUT2D eigenvalue weighted by molar-refractivity contribution is 7.89. The standard InChI is InChI=1S/C41H59ClN2O6SSi/c1-29(2)52(30(3)4,31(5)6)50-40-27-44(51(45,46)36-17-10-32(7)11-18-36)26-39(41(40)35-15-12-33(25-42)13-16-35)49-28-34-14-19-38-37(24-34)43(21-23-48-38)20-9-22-47-8/h10-19,24,29-31,39-41H,9,20-23,25-28H2,1-8H3/t39-,40+,41?/m0/s1. The van der Waals surface area contributed by atoms with Crippen LogP contribution in [0.5, 0.6) is 5.75 Å². The summed E-state index contributed by atoms with van der Waals surface area (Å²) in [5.41, 5.74) is 6.11. The van der Waals surface area contributed by atoms with Crippen molar-refractivity contribution < 1.29 is 27.1 Å². The van der Waals surface area contributed by atoms with Gasteiger partial charge in [0.15, 0.2) is 0 Å². The summed E-state index contributed by atoms with van der Waals surface area (Å²) in [4.78, 5) is 2.63. The third-order valence-corrected chi connectivity index (χ3v) is 19.3. The average molecular weight is 772 g/mol. The van der Waals surface area contributed by atoms with Gasteiger partial charge in [0.2, 0.25) is 18.3 Å². The quantitative estimate of drug-likeness (QED) is 0.0818. The van der Waals surface area contributed by atoms with Gasteiger partial charge in [-0.3, -0.25) is 0 Å². The molecule has 2 aliphatic rings. The van der Waals surface area contributed by atoms with Gasteiger partial charge in [0.25, 0.3) is 0 Å². The molecule has 1 fully saturated rings. The second-order valence-electron chi connectivity index (χ2n) is 15.3. The van der Waals surface area contributed by atoms with Crippen LogP contribution < -0.4 is 9.64 Å². The van der Waals surface area contributed by atoms with E-state index in [1.807, 2.05) is 31.2 Å². The Labute approximate surface area is 318 Å². The minimum absolute atomic E-state index is 0.203. The van der Waals surface area contributed by atoms with Gasteiger partial charge in [0.1, 0.15) is 12.4 Å². The lowest BCUT2D eigenvalue weighted by Crippen LogP contribution is -2.59. The van der Waals surface area contributed by atoms with E-state index in [2.05, 4.69) is 76.8 Å². The normalized spacial score (nSPS) is 20.1. The number of piperidine rings is 1. The van der Waals surface area contributed by atoms with E-state index in [0.717, 1.165) is 53.2 Å². The van der Waals surface area contributed by atoms with Gasteiger partial charge in [-0.25, -0.2) is 8.42 Å². The molecule has 8 nitrogen and oxygen atoms in total. The van der Waals surface area contributed by atoms with Crippen LogP contribution in [-0.4, -0.2) is 79.8 Å². The van der Waals surface area contributed by atoms with E-state index in [1.165, 1.54) is 0 Å². The van der Waals surface area contributed by atoms with Crippen LogP contribution in [0.4, 0.5) is 5.69 Å². The van der Waals surface area contributed by atoms with Gasteiger partial charge < -0.3 is 23.5 Å². The van der Waals surface area contributed by atoms with Gasteiger partial charge in [-0.2, -0.15) is 4.31 Å². The van der Waals surface area contributed by atoms with Crippen LogP contribution in [0.25, 0.3) is 0 Å². The first-order chi connectivity index (χ1) is 24.8. The van der Waals surface area contributed by atoms with Crippen molar-refractivity contribution in [1.82, 2.24) is 4.31 Å². The first-order valence-corrected chi connectivity index (χ1v) is 22.9. The highest BCUT2D eigenvalue weighted by Crippen LogP contribution is 2.47. The molecule has 0 saturated carbocycles. The van der Waals surface area contributed by atoms with Gasteiger partial charge in [-0.1, -0.05) is 89.6 Å². The van der Waals surface area contributed by atoms with Gasteiger partial charge in [0, 0.05) is 45.1 Å². The molecule has 0 N–H and O–H groups in total. The smallest absolute Gasteiger partial charge is 0.243 e. The Hall–Kier alpha value is -2.44. The Morgan fingerprint density at radius 1 is 0.885 bits per heavy atom. The molecule has 0 aromatic heterocycles. The van der Waals surface area contributed by atoms with E-state index in [1.54, 1.807) is 23.5 Å². The van der Waals surface area contributed by atoms with E-state index in [0.29, 0.717) is 42.3 Å². The Morgan fingerprint density at radius 3 is 2.13 bits per heavy atom. The maximum Gasteiger partial charge on any atom is 0.243 e. The maximum atomic E-state index is 14.4. The number of sulfonamides is 1. The highest BCUT2D eigenvalue weighted by atomic mass is 35.5. The van der Waals surface area contributed by atoms with Crippen molar-refractivity contribution in [2.75, 3.05) is 51.4 Å². The number of fused-ring (bicyclic) bond motifs is 1. The lowest BCUT2D eigenvalue weighted by atomic mass is 9.85. The number of methoxy groups -OCH3 is 1. The summed E-state index contributed by atoms with van der Waals surface area (Å²) in [5, 5.41) is 0. The minimum atomic E-state index is -3.85. The molecule has 286 valence electrons. The first kappa shape index (κ1) is 40.7. The number of hydrogen-bond acceptors (Lipinski definition) is 7. The molecule has 1 unspecified atom stereocenters. The van der Waals surface area contributed by atoms with Gasteiger partial charge in [0.05, 0.1) is 35.9 Å². The summed E-state index contributed by atoms with van der Waals surface area (Å²) in [6, 6.07) is 21.7. The first-order valence-electron chi connectivity index (χ1n) is 18.8. The third-order valence-electron chi connectivity index (χ3n) is 11.0. The van der Waals surface area contributed by atoms with Crippen LogP contribution >= 0.6 is 11.6 Å². The van der Waals surface area contributed by atoms with Crippen molar-refractivity contribution in [1.29, 1.82) is 0 Å². The number of nitrogens with zero attached hydrogens (tertiary/aromatic N) is 2. The molecule has 0 radical (unpaired) electrons. The Kier molecular flexibility index (Phi) is 13.9. The van der Waals surface area contributed by atoms with Gasteiger partial charge in [-0.15, -0.1) is 11.6 Å². The molecule has 5 rings (SSSR count). The summed E-state index contributed by atoms with van der Waals surface area (Å²) >= 11 is 6.23. The van der Waals surface area contributed by atoms with E-state index >= 15 is 0 Å². The fourth-order valence-corrected chi connectivity index (χ4v) is 15.6. The van der Waals surface area contributed by atoms with Crippen LogP contribution in [0, 0.1) is 6.92 Å². The highest BCUT2D eigenvalue weighted by Gasteiger charge is 2.51. The number of aryl methyl sites for hydroxylation is 1. The predicted molar refractivity (Wildman–Crippen MR) is 214 cm³/mol. The van der Waals surface area contributed by atoms with Crippen LogP contribution in [0.15, 0.2) is 71.6 Å². The molecule has 3 atom stereocenters. The zero-order chi connectivity index (χ0) is 37.6. The zero-order valence-electron chi connectivity index (χ0n) is 32.3. The fourth-order valence-electron chi connectivity index (χ4n) is 8.44. The Morgan fingerprint density at radius 2 is 1.52 bits per heavy atom. The van der Waals surface area contributed by atoms with Gasteiger partial charge >= 0.3 is 0 Å². The number of ether oxygens (including phenoxy) is 3. The minimum Gasteiger partial charge on any atom is -0.490 e. The second-order valence-corrected chi connectivity index (χ2v) is 23.0. The summed E-state index contributed by atoms with van der Waals surface area (Å²) in [6.07, 6.45) is 0.0146. The van der Waals surface area contributed by atoms with Crippen molar-refractivity contribution in [3.05, 3.63) is 89.0 Å².